The van der Waals surface area contributed by atoms with Crippen molar-refractivity contribution in [3.8, 4) is 0 Å². The fourth-order valence-corrected chi connectivity index (χ4v) is 4.26. The first-order valence-corrected chi connectivity index (χ1v) is 10.7. The first-order chi connectivity index (χ1) is 12.8. The van der Waals surface area contributed by atoms with Gasteiger partial charge in [0.15, 0.2) is 0 Å². The largest absolute Gasteiger partial charge is 0.353 e. The molecule has 0 aliphatic carbocycles. The molecule has 0 radical (unpaired) electrons. The third-order valence-corrected chi connectivity index (χ3v) is 6.12. The van der Waals surface area contributed by atoms with E-state index in [4.69, 9.17) is 0 Å². The van der Waals surface area contributed by atoms with Crippen molar-refractivity contribution in [1.29, 1.82) is 0 Å². The average molecular weight is 389 g/mol. The number of nitrogens with one attached hydrogen (secondary N) is 1. The molecule has 6 heteroatoms. The lowest BCUT2D eigenvalue weighted by molar-refractivity contribution is -0.122. The minimum atomic E-state index is -3.78. The molecule has 0 aromatic heterocycles. The number of sulfonamides is 1. The molecule has 1 amide bonds. The summed E-state index contributed by atoms with van der Waals surface area (Å²) in [5.41, 5.74) is 1.94. The first-order valence-electron chi connectivity index (χ1n) is 9.23. The van der Waals surface area contributed by atoms with E-state index < -0.39 is 10.0 Å². The number of rotatable bonds is 9. The van der Waals surface area contributed by atoms with E-state index >= 15 is 0 Å². The highest BCUT2D eigenvalue weighted by atomic mass is 32.2. The second-order valence-electron chi connectivity index (χ2n) is 6.83. The molecule has 27 heavy (non-hydrogen) atoms. The summed E-state index contributed by atoms with van der Waals surface area (Å²) in [6, 6.07) is 15.9. The van der Waals surface area contributed by atoms with E-state index in [-0.39, 0.29) is 29.9 Å². The number of amides is 1. The molecular weight excluding hydrogens is 360 g/mol. The van der Waals surface area contributed by atoms with Crippen LogP contribution in [0.2, 0.25) is 0 Å². The molecule has 0 saturated carbocycles. The van der Waals surface area contributed by atoms with E-state index in [1.54, 1.807) is 30.3 Å². The SMILES string of the molecule is CCC[C@@H](C)NC(=O)CN(Cc1ccc(C)cc1)S(=O)(=O)c1ccccc1. The van der Waals surface area contributed by atoms with Crippen molar-refractivity contribution >= 4 is 15.9 Å². The lowest BCUT2D eigenvalue weighted by atomic mass is 10.1. The van der Waals surface area contributed by atoms with Gasteiger partial charge in [-0.15, -0.1) is 0 Å². The van der Waals surface area contributed by atoms with Gasteiger partial charge in [0.2, 0.25) is 15.9 Å². The van der Waals surface area contributed by atoms with E-state index in [1.807, 2.05) is 45.0 Å². The summed E-state index contributed by atoms with van der Waals surface area (Å²) in [5.74, 6) is -0.289. The van der Waals surface area contributed by atoms with E-state index in [0.717, 1.165) is 24.0 Å². The minimum absolute atomic E-state index is 0.0168. The molecule has 0 heterocycles. The molecule has 0 unspecified atom stereocenters. The zero-order valence-corrected chi connectivity index (χ0v) is 17.0. The standard InChI is InChI=1S/C21H28N2O3S/c1-4-8-18(3)22-21(24)16-23(15-19-13-11-17(2)12-14-19)27(25,26)20-9-6-5-7-10-20/h5-7,9-14,18H,4,8,15-16H2,1-3H3,(H,22,24)/t18-/m1/s1. The number of carbonyl (C=O) groups is 1. The lowest BCUT2D eigenvalue weighted by Gasteiger charge is -2.23. The fraction of sp³-hybridized carbons (Fsp3) is 0.381. The van der Waals surface area contributed by atoms with Gasteiger partial charge in [0.1, 0.15) is 0 Å². The van der Waals surface area contributed by atoms with Crippen LogP contribution in [0.25, 0.3) is 0 Å². The molecule has 2 aromatic carbocycles. The Morgan fingerprint density at radius 1 is 1.07 bits per heavy atom. The Morgan fingerprint density at radius 2 is 1.70 bits per heavy atom. The van der Waals surface area contributed by atoms with Crippen molar-refractivity contribution in [3.63, 3.8) is 0 Å². The van der Waals surface area contributed by atoms with E-state index in [9.17, 15) is 13.2 Å². The van der Waals surface area contributed by atoms with Gasteiger partial charge in [-0.2, -0.15) is 4.31 Å². The molecule has 0 fully saturated rings. The molecule has 146 valence electrons. The van der Waals surface area contributed by atoms with Crippen LogP contribution < -0.4 is 5.32 Å². The molecule has 2 rings (SSSR count). The summed E-state index contributed by atoms with van der Waals surface area (Å²) in [5, 5.41) is 2.88. The maximum Gasteiger partial charge on any atom is 0.243 e. The van der Waals surface area contributed by atoms with Crippen molar-refractivity contribution in [2.45, 2.75) is 51.1 Å². The third-order valence-electron chi connectivity index (χ3n) is 4.31. The number of carbonyl (C=O) groups excluding carboxylic acids is 1. The number of hydrogen-bond acceptors (Lipinski definition) is 3. The van der Waals surface area contributed by atoms with Crippen LogP contribution in [-0.2, 0) is 21.4 Å². The van der Waals surface area contributed by atoms with Gasteiger partial charge in [-0.3, -0.25) is 4.79 Å². The van der Waals surface area contributed by atoms with Crippen molar-refractivity contribution in [1.82, 2.24) is 9.62 Å². The van der Waals surface area contributed by atoms with Crippen LogP contribution in [0.3, 0.4) is 0 Å². The van der Waals surface area contributed by atoms with Gasteiger partial charge in [-0.05, 0) is 38.0 Å². The molecule has 2 aromatic rings. The monoisotopic (exact) mass is 388 g/mol. The van der Waals surface area contributed by atoms with Gasteiger partial charge < -0.3 is 5.32 Å². The zero-order valence-electron chi connectivity index (χ0n) is 16.2. The van der Waals surface area contributed by atoms with Gasteiger partial charge in [-0.1, -0.05) is 61.4 Å². The van der Waals surface area contributed by atoms with E-state index in [2.05, 4.69) is 5.32 Å². The fourth-order valence-electron chi connectivity index (χ4n) is 2.85. The predicted molar refractivity (Wildman–Crippen MR) is 108 cm³/mol. The molecule has 0 aliphatic rings. The van der Waals surface area contributed by atoms with Gasteiger partial charge in [0, 0.05) is 12.6 Å². The normalized spacial score (nSPS) is 12.7. The Kier molecular flexibility index (Phi) is 7.56. The van der Waals surface area contributed by atoms with Crippen LogP contribution in [0.4, 0.5) is 0 Å². The Bertz CT molecular complexity index is 833. The van der Waals surface area contributed by atoms with Crippen LogP contribution in [0.15, 0.2) is 59.5 Å². The maximum absolute atomic E-state index is 13.1. The lowest BCUT2D eigenvalue weighted by Crippen LogP contribution is -2.43. The summed E-state index contributed by atoms with van der Waals surface area (Å²) in [6.07, 6.45) is 1.81. The van der Waals surface area contributed by atoms with E-state index in [0.29, 0.717) is 0 Å². The van der Waals surface area contributed by atoms with Gasteiger partial charge >= 0.3 is 0 Å². The van der Waals surface area contributed by atoms with Crippen molar-refractivity contribution in [3.05, 3.63) is 65.7 Å². The predicted octanol–water partition coefficient (Wildman–Crippen LogP) is 3.49. The summed E-state index contributed by atoms with van der Waals surface area (Å²) in [6.45, 7) is 5.89. The van der Waals surface area contributed by atoms with Crippen LogP contribution >= 0.6 is 0 Å². The second-order valence-corrected chi connectivity index (χ2v) is 8.77. The molecule has 0 saturated heterocycles. The molecule has 1 atom stereocenters. The van der Waals surface area contributed by atoms with Crippen molar-refractivity contribution in [2.75, 3.05) is 6.54 Å². The van der Waals surface area contributed by atoms with Crippen LogP contribution in [0.1, 0.15) is 37.8 Å². The Labute approximate surface area is 162 Å². The molecular formula is C21H28N2O3S. The van der Waals surface area contributed by atoms with E-state index in [1.165, 1.54) is 4.31 Å². The number of nitrogens with zero attached hydrogens (tertiary/aromatic N) is 1. The van der Waals surface area contributed by atoms with Gasteiger partial charge in [-0.25, -0.2) is 8.42 Å². The summed E-state index contributed by atoms with van der Waals surface area (Å²) >= 11 is 0. The van der Waals surface area contributed by atoms with Gasteiger partial charge in [0.25, 0.3) is 0 Å². The van der Waals surface area contributed by atoms with Crippen LogP contribution in [0, 0.1) is 6.92 Å². The number of benzene rings is 2. The highest BCUT2D eigenvalue weighted by Crippen LogP contribution is 2.18. The Balaban J connectivity index is 2.25. The summed E-state index contributed by atoms with van der Waals surface area (Å²) < 4.78 is 27.4. The van der Waals surface area contributed by atoms with Crippen molar-refractivity contribution < 1.29 is 13.2 Å². The smallest absolute Gasteiger partial charge is 0.243 e. The summed E-state index contributed by atoms with van der Waals surface area (Å²) in [4.78, 5) is 12.6. The molecule has 0 spiro atoms. The second kappa shape index (κ2) is 9.67. The van der Waals surface area contributed by atoms with Crippen LogP contribution in [-0.4, -0.2) is 31.2 Å². The van der Waals surface area contributed by atoms with Crippen LogP contribution in [0.5, 0.6) is 0 Å². The molecule has 5 nitrogen and oxygen atoms in total. The Morgan fingerprint density at radius 3 is 2.30 bits per heavy atom. The third kappa shape index (κ3) is 6.19. The number of aryl methyl sites for hydroxylation is 1. The topological polar surface area (TPSA) is 66.5 Å². The minimum Gasteiger partial charge on any atom is -0.353 e. The quantitative estimate of drug-likeness (QED) is 0.715. The first kappa shape index (κ1) is 21.1. The maximum atomic E-state index is 13.1. The molecule has 1 N–H and O–H groups in total. The van der Waals surface area contributed by atoms with Crippen molar-refractivity contribution in [2.24, 2.45) is 0 Å². The molecule has 0 bridgehead atoms. The number of hydrogen-bond donors (Lipinski definition) is 1. The Hall–Kier alpha value is -2.18. The average Bonchev–Trinajstić information content (AvgIpc) is 2.63. The van der Waals surface area contributed by atoms with Gasteiger partial charge in [0.05, 0.1) is 11.4 Å². The highest BCUT2D eigenvalue weighted by Gasteiger charge is 2.27. The summed E-state index contributed by atoms with van der Waals surface area (Å²) in [7, 11) is -3.78. The highest BCUT2D eigenvalue weighted by molar-refractivity contribution is 7.89. The zero-order chi connectivity index (χ0) is 19.9. The molecule has 0 aliphatic heterocycles.